The van der Waals surface area contributed by atoms with Gasteiger partial charge in [-0.05, 0) is 63.1 Å². The van der Waals surface area contributed by atoms with Crippen molar-refractivity contribution in [3.8, 4) is 0 Å². The van der Waals surface area contributed by atoms with E-state index < -0.39 is 17.7 Å². The molecule has 6 nitrogen and oxygen atoms in total. The molecule has 1 rings (SSSR count). The van der Waals surface area contributed by atoms with Gasteiger partial charge in [0, 0.05) is 6.54 Å². The summed E-state index contributed by atoms with van der Waals surface area (Å²) < 4.78 is 5.28. The number of benzene rings is 1. The average molecular weight is 392 g/mol. The molecule has 158 valence electrons. The Balaban J connectivity index is 2.68. The highest BCUT2D eigenvalue weighted by Crippen LogP contribution is 2.22. The Kier molecular flexibility index (Phi) is 8.95. The molecule has 0 aromatic heterocycles. The van der Waals surface area contributed by atoms with Gasteiger partial charge < -0.3 is 21.1 Å². The number of alkyl carbamates (subject to hydrolysis) is 1. The number of carbonyl (C=O) groups excluding carboxylic acids is 2. The second kappa shape index (κ2) is 10.5. The van der Waals surface area contributed by atoms with Crippen LogP contribution in [0.1, 0.15) is 71.9 Å². The average Bonchev–Trinajstić information content (AvgIpc) is 2.57. The predicted molar refractivity (Wildman–Crippen MR) is 113 cm³/mol. The molecule has 1 atom stereocenters. The third-order valence-electron chi connectivity index (χ3n) is 4.24. The highest BCUT2D eigenvalue weighted by molar-refractivity contribution is 5.85. The Hall–Kier alpha value is -2.08. The Labute approximate surface area is 169 Å². The zero-order valence-corrected chi connectivity index (χ0v) is 18.2. The van der Waals surface area contributed by atoms with E-state index in [1.807, 2.05) is 12.1 Å². The molecular formula is C22H37N3O3. The molecule has 0 fully saturated rings. The van der Waals surface area contributed by atoms with E-state index in [4.69, 9.17) is 10.5 Å². The van der Waals surface area contributed by atoms with Gasteiger partial charge in [0.15, 0.2) is 0 Å². The summed E-state index contributed by atoms with van der Waals surface area (Å²) in [6.45, 7) is 12.8. The lowest BCUT2D eigenvalue weighted by Crippen LogP contribution is -2.48. The van der Waals surface area contributed by atoms with Crippen LogP contribution in [0.25, 0.3) is 0 Å². The summed E-state index contributed by atoms with van der Waals surface area (Å²) in [5, 5.41) is 5.60. The first-order valence-corrected chi connectivity index (χ1v) is 9.99. The molecule has 0 radical (unpaired) electrons. The number of amides is 2. The van der Waals surface area contributed by atoms with Crippen molar-refractivity contribution in [2.45, 2.75) is 84.4 Å². The Bertz CT molecular complexity index is 628. The van der Waals surface area contributed by atoms with E-state index in [2.05, 4.69) is 43.5 Å². The second-order valence-electron chi connectivity index (χ2n) is 9.15. The van der Waals surface area contributed by atoms with Gasteiger partial charge in [-0.3, -0.25) is 4.79 Å². The van der Waals surface area contributed by atoms with Crippen LogP contribution in [0, 0.1) is 0 Å². The molecule has 6 heteroatoms. The molecule has 1 aromatic rings. The summed E-state index contributed by atoms with van der Waals surface area (Å²) >= 11 is 0. The molecule has 0 aliphatic rings. The van der Waals surface area contributed by atoms with Crippen molar-refractivity contribution in [2.24, 2.45) is 5.73 Å². The molecule has 0 bridgehead atoms. The fourth-order valence-electron chi connectivity index (χ4n) is 2.65. The molecular weight excluding hydrogens is 354 g/mol. The van der Waals surface area contributed by atoms with Crippen molar-refractivity contribution in [1.29, 1.82) is 0 Å². The maximum atomic E-state index is 12.6. The monoisotopic (exact) mass is 391 g/mol. The van der Waals surface area contributed by atoms with Gasteiger partial charge in [-0.1, -0.05) is 45.0 Å². The number of hydrogen-bond donors (Lipinski definition) is 3. The predicted octanol–water partition coefficient (Wildman–Crippen LogP) is 3.62. The molecule has 1 unspecified atom stereocenters. The van der Waals surface area contributed by atoms with Crippen molar-refractivity contribution in [3.05, 3.63) is 35.4 Å². The van der Waals surface area contributed by atoms with Crippen LogP contribution in [0.2, 0.25) is 0 Å². The van der Waals surface area contributed by atoms with E-state index in [9.17, 15) is 9.59 Å². The van der Waals surface area contributed by atoms with E-state index in [0.717, 1.165) is 18.4 Å². The molecule has 4 N–H and O–H groups in total. The molecule has 0 aliphatic carbocycles. The van der Waals surface area contributed by atoms with Gasteiger partial charge >= 0.3 is 6.09 Å². The van der Waals surface area contributed by atoms with E-state index in [0.29, 0.717) is 19.5 Å². The number of nitrogens with one attached hydrogen (secondary N) is 2. The molecule has 0 saturated heterocycles. The van der Waals surface area contributed by atoms with Crippen LogP contribution in [-0.2, 0) is 21.5 Å². The molecule has 0 aliphatic heterocycles. The summed E-state index contributed by atoms with van der Waals surface area (Å²) in [5.41, 5.74) is 7.27. The quantitative estimate of drug-likeness (QED) is 0.590. The Morgan fingerprint density at radius 3 is 2.14 bits per heavy atom. The third-order valence-corrected chi connectivity index (χ3v) is 4.24. The van der Waals surface area contributed by atoms with Crippen LogP contribution < -0.4 is 16.4 Å². The highest BCUT2D eigenvalue weighted by Gasteiger charge is 2.24. The first-order chi connectivity index (χ1) is 12.9. The number of rotatable bonds is 8. The fourth-order valence-corrected chi connectivity index (χ4v) is 2.65. The van der Waals surface area contributed by atoms with E-state index in [1.54, 1.807) is 20.8 Å². The summed E-state index contributed by atoms with van der Waals surface area (Å²) in [4.78, 5) is 24.7. The lowest BCUT2D eigenvalue weighted by molar-refractivity contribution is -0.123. The van der Waals surface area contributed by atoms with Crippen LogP contribution in [0.5, 0.6) is 0 Å². The Morgan fingerprint density at radius 1 is 1.04 bits per heavy atom. The number of carbonyl (C=O) groups is 2. The van der Waals surface area contributed by atoms with Crippen molar-refractivity contribution in [2.75, 3.05) is 6.54 Å². The van der Waals surface area contributed by atoms with E-state index in [-0.39, 0.29) is 11.3 Å². The maximum absolute atomic E-state index is 12.6. The smallest absolute Gasteiger partial charge is 0.408 e. The Morgan fingerprint density at radius 2 is 1.64 bits per heavy atom. The first kappa shape index (κ1) is 24.0. The zero-order chi connectivity index (χ0) is 21.4. The van der Waals surface area contributed by atoms with Crippen LogP contribution in [0.4, 0.5) is 4.79 Å². The standard InChI is InChI=1S/C22H37N3O3/c1-21(2,3)17-12-10-16(11-13-17)15-24-19(26)18(9-7-8-14-23)25-20(27)28-22(4,5)6/h10-13,18H,7-9,14-15,23H2,1-6H3,(H,24,26)(H,25,27). The summed E-state index contributed by atoms with van der Waals surface area (Å²) in [6, 6.07) is 7.56. The van der Waals surface area contributed by atoms with E-state index >= 15 is 0 Å². The van der Waals surface area contributed by atoms with Gasteiger partial charge in [-0.15, -0.1) is 0 Å². The third kappa shape index (κ3) is 9.22. The van der Waals surface area contributed by atoms with Gasteiger partial charge in [0.2, 0.25) is 5.91 Å². The minimum absolute atomic E-state index is 0.0905. The molecule has 0 heterocycles. The number of ether oxygens (including phenoxy) is 1. The molecule has 2 amide bonds. The number of unbranched alkanes of at least 4 members (excludes halogenated alkanes) is 1. The summed E-state index contributed by atoms with van der Waals surface area (Å²) in [7, 11) is 0. The molecule has 28 heavy (non-hydrogen) atoms. The van der Waals surface area contributed by atoms with Gasteiger partial charge in [0.1, 0.15) is 11.6 Å². The maximum Gasteiger partial charge on any atom is 0.408 e. The molecule has 0 spiro atoms. The lowest BCUT2D eigenvalue weighted by atomic mass is 9.87. The molecule has 1 aromatic carbocycles. The van der Waals surface area contributed by atoms with Crippen LogP contribution in [0.3, 0.4) is 0 Å². The SMILES string of the molecule is CC(C)(C)OC(=O)NC(CCCCN)C(=O)NCc1ccc(C(C)(C)C)cc1. The van der Waals surface area contributed by atoms with Gasteiger partial charge in [0.25, 0.3) is 0 Å². The van der Waals surface area contributed by atoms with Gasteiger partial charge in [0.05, 0.1) is 0 Å². The van der Waals surface area contributed by atoms with Gasteiger partial charge in [-0.25, -0.2) is 4.79 Å². The summed E-state index contributed by atoms with van der Waals surface area (Å²) in [6.07, 6.45) is 1.49. The van der Waals surface area contributed by atoms with Crippen LogP contribution >= 0.6 is 0 Å². The first-order valence-electron chi connectivity index (χ1n) is 9.99. The minimum atomic E-state index is -0.643. The van der Waals surface area contributed by atoms with Crippen molar-refractivity contribution in [1.82, 2.24) is 10.6 Å². The van der Waals surface area contributed by atoms with Crippen LogP contribution in [-0.4, -0.2) is 30.2 Å². The normalized spacial score (nSPS) is 13.0. The highest BCUT2D eigenvalue weighted by atomic mass is 16.6. The number of hydrogen-bond acceptors (Lipinski definition) is 4. The topological polar surface area (TPSA) is 93.4 Å². The summed E-state index contributed by atoms with van der Waals surface area (Å²) in [5.74, 6) is -0.220. The molecule has 0 saturated carbocycles. The van der Waals surface area contributed by atoms with Crippen molar-refractivity contribution < 1.29 is 14.3 Å². The largest absolute Gasteiger partial charge is 0.444 e. The van der Waals surface area contributed by atoms with E-state index in [1.165, 1.54) is 5.56 Å². The minimum Gasteiger partial charge on any atom is -0.444 e. The lowest BCUT2D eigenvalue weighted by Gasteiger charge is -2.23. The fraction of sp³-hybridized carbons (Fsp3) is 0.636. The zero-order valence-electron chi connectivity index (χ0n) is 18.2. The van der Waals surface area contributed by atoms with Crippen molar-refractivity contribution >= 4 is 12.0 Å². The van der Waals surface area contributed by atoms with Crippen LogP contribution in [0.15, 0.2) is 24.3 Å². The van der Waals surface area contributed by atoms with Crippen molar-refractivity contribution in [3.63, 3.8) is 0 Å². The number of nitrogens with two attached hydrogens (primary N) is 1. The second-order valence-corrected chi connectivity index (χ2v) is 9.15. The van der Waals surface area contributed by atoms with Gasteiger partial charge in [-0.2, -0.15) is 0 Å².